The number of nitrogens with one attached hydrogen (secondary N) is 1. The second-order valence-electron chi connectivity index (χ2n) is 3.69. The number of hydrogen-bond acceptors (Lipinski definition) is 7. The molecule has 6 nitrogen and oxygen atoms in total. The largest absolute Gasteiger partial charge is 0.423 e. The van der Waals surface area contributed by atoms with Crippen LogP contribution in [-0.2, 0) is 0 Å². The van der Waals surface area contributed by atoms with Gasteiger partial charge < -0.3 is 14.6 Å². The molecule has 19 heavy (non-hydrogen) atoms. The molecule has 1 aromatic carbocycles. The summed E-state index contributed by atoms with van der Waals surface area (Å²) in [5, 5.41) is 21.7. The molecular formula is C11H8ClN3O3S. The van der Waals surface area contributed by atoms with Crippen LogP contribution in [0.4, 0.5) is 11.8 Å². The van der Waals surface area contributed by atoms with Crippen molar-refractivity contribution in [2.45, 2.75) is 6.29 Å². The highest BCUT2D eigenvalue weighted by Crippen LogP contribution is 2.29. The van der Waals surface area contributed by atoms with E-state index in [9.17, 15) is 0 Å². The molecule has 0 bridgehead atoms. The fourth-order valence-electron chi connectivity index (χ4n) is 1.59. The predicted molar refractivity (Wildman–Crippen MR) is 71.6 cm³/mol. The molecule has 0 spiro atoms. The fraction of sp³-hybridized carbons (Fsp3) is 0.0909. The van der Waals surface area contributed by atoms with Gasteiger partial charge in [0.25, 0.3) is 0 Å². The fourth-order valence-corrected chi connectivity index (χ4v) is 2.36. The van der Waals surface area contributed by atoms with Crippen molar-refractivity contribution in [2.75, 3.05) is 5.32 Å². The smallest absolute Gasteiger partial charge is 0.301 e. The van der Waals surface area contributed by atoms with Crippen LogP contribution in [0.1, 0.15) is 11.2 Å². The first-order valence-electron chi connectivity index (χ1n) is 5.26. The van der Waals surface area contributed by atoms with Gasteiger partial charge in [-0.05, 0) is 18.2 Å². The van der Waals surface area contributed by atoms with Crippen molar-refractivity contribution >= 4 is 45.9 Å². The number of aliphatic hydroxyl groups excluding tert-OH is 1. The van der Waals surface area contributed by atoms with Crippen molar-refractivity contribution < 1.29 is 14.6 Å². The van der Waals surface area contributed by atoms with Crippen LogP contribution in [0, 0.1) is 0 Å². The Morgan fingerprint density at radius 3 is 3.00 bits per heavy atom. The van der Waals surface area contributed by atoms with Gasteiger partial charge in [-0.25, -0.2) is 4.98 Å². The zero-order valence-corrected chi connectivity index (χ0v) is 10.9. The Labute approximate surface area is 116 Å². The van der Waals surface area contributed by atoms with Gasteiger partial charge in [-0.3, -0.25) is 5.32 Å². The lowest BCUT2D eigenvalue weighted by Gasteiger charge is -2.03. The third-order valence-corrected chi connectivity index (χ3v) is 3.51. The zero-order chi connectivity index (χ0) is 13.4. The molecule has 0 aliphatic carbocycles. The summed E-state index contributed by atoms with van der Waals surface area (Å²) in [6, 6.07) is 5.29. The lowest BCUT2D eigenvalue weighted by Crippen LogP contribution is -1.98. The molecular weight excluding hydrogens is 290 g/mol. The number of aliphatic hydroxyl groups is 2. The van der Waals surface area contributed by atoms with Crippen LogP contribution in [-0.4, -0.2) is 20.2 Å². The van der Waals surface area contributed by atoms with Gasteiger partial charge in [0.15, 0.2) is 17.7 Å². The van der Waals surface area contributed by atoms with E-state index < -0.39 is 6.29 Å². The number of halogens is 1. The maximum absolute atomic E-state index is 9.17. The standard InChI is InChI=1S/C11H8ClN3O3S/c12-5-1-2-7-6(3-5)14-11(18-7)15-9-8(10(16)17)19-4-13-9/h1-4,10,16-17H,(H,14,15). The van der Waals surface area contributed by atoms with Gasteiger partial charge in [-0.1, -0.05) is 11.6 Å². The van der Waals surface area contributed by atoms with Gasteiger partial charge in [0.2, 0.25) is 0 Å². The topological polar surface area (TPSA) is 91.4 Å². The quantitative estimate of drug-likeness (QED) is 0.644. The SMILES string of the molecule is OC(O)c1scnc1Nc1nc2cc(Cl)ccc2o1. The number of benzene rings is 1. The Hall–Kier alpha value is -1.67. The number of aromatic nitrogens is 2. The molecule has 0 saturated carbocycles. The maximum atomic E-state index is 9.17. The van der Waals surface area contributed by atoms with Gasteiger partial charge >= 0.3 is 6.01 Å². The molecule has 0 aliphatic heterocycles. The summed E-state index contributed by atoms with van der Waals surface area (Å²) in [5.74, 6) is 0.303. The van der Waals surface area contributed by atoms with Crippen LogP contribution < -0.4 is 5.32 Å². The molecule has 0 radical (unpaired) electrons. The maximum Gasteiger partial charge on any atom is 0.301 e. The number of hydrogen-bond donors (Lipinski definition) is 3. The molecule has 0 atom stereocenters. The second kappa shape index (κ2) is 4.78. The zero-order valence-electron chi connectivity index (χ0n) is 9.37. The Kier molecular flexibility index (Phi) is 3.11. The number of rotatable bonds is 3. The van der Waals surface area contributed by atoms with Crippen LogP contribution in [0.2, 0.25) is 5.02 Å². The van der Waals surface area contributed by atoms with Crippen molar-refractivity contribution in [2.24, 2.45) is 0 Å². The summed E-state index contributed by atoms with van der Waals surface area (Å²) in [6.07, 6.45) is -1.59. The molecule has 3 N–H and O–H groups in total. The molecule has 0 amide bonds. The molecule has 0 fully saturated rings. The summed E-state index contributed by atoms with van der Waals surface area (Å²) >= 11 is 6.98. The Morgan fingerprint density at radius 2 is 2.21 bits per heavy atom. The number of oxazole rings is 1. The minimum Gasteiger partial charge on any atom is -0.423 e. The van der Waals surface area contributed by atoms with Crippen LogP contribution in [0.5, 0.6) is 0 Å². The van der Waals surface area contributed by atoms with Crippen molar-refractivity contribution in [3.63, 3.8) is 0 Å². The molecule has 98 valence electrons. The predicted octanol–water partition coefficient (Wildman–Crippen LogP) is 2.66. The van der Waals surface area contributed by atoms with E-state index in [1.807, 2.05) is 0 Å². The minimum absolute atomic E-state index is 0.213. The van der Waals surface area contributed by atoms with Crippen LogP contribution >= 0.6 is 22.9 Å². The van der Waals surface area contributed by atoms with Crippen LogP contribution in [0.25, 0.3) is 11.1 Å². The van der Waals surface area contributed by atoms with E-state index in [4.69, 9.17) is 26.2 Å². The van der Waals surface area contributed by atoms with Gasteiger partial charge in [-0.2, -0.15) is 4.98 Å². The third-order valence-electron chi connectivity index (χ3n) is 2.40. The third kappa shape index (κ3) is 2.41. The van der Waals surface area contributed by atoms with Gasteiger partial charge in [0.1, 0.15) is 10.4 Å². The van der Waals surface area contributed by atoms with E-state index in [0.717, 1.165) is 11.3 Å². The minimum atomic E-state index is -1.59. The van der Waals surface area contributed by atoms with E-state index in [1.165, 1.54) is 5.51 Å². The molecule has 8 heteroatoms. The monoisotopic (exact) mass is 297 g/mol. The van der Waals surface area contributed by atoms with Crippen molar-refractivity contribution in [3.8, 4) is 0 Å². The molecule has 3 rings (SSSR count). The second-order valence-corrected chi connectivity index (χ2v) is 5.02. The van der Waals surface area contributed by atoms with E-state index in [-0.39, 0.29) is 6.01 Å². The average molecular weight is 298 g/mol. The molecule has 3 aromatic rings. The van der Waals surface area contributed by atoms with E-state index in [0.29, 0.717) is 26.8 Å². The number of anilines is 2. The first-order valence-corrected chi connectivity index (χ1v) is 6.52. The summed E-state index contributed by atoms with van der Waals surface area (Å²) < 4.78 is 5.45. The molecule has 2 heterocycles. The summed E-state index contributed by atoms with van der Waals surface area (Å²) in [6.45, 7) is 0. The number of thiazole rings is 1. The lowest BCUT2D eigenvalue weighted by molar-refractivity contribution is -0.0391. The lowest BCUT2D eigenvalue weighted by atomic mass is 10.3. The highest BCUT2D eigenvalue weighted by molar-refractivity contribution is 7.10. The first kappa shape index (κ1) is 12.4. The Balaban J connectivity index is 1.94. The first-order chi connectivity index (χ1) is 9.13. The summed E-state index contributed by atoms with van der Waals surface area (Å²) in [4.78, 5) is 8.46. The number of fused-ring (bicyclic) bond motifs is 1. The van der Waals surface area contributed by atoms with Crippen molar-refractivity contribution in [1.82, 2.24) is 9.97 Å². The highest BCUT2D eigenvalue weighted by atomic mass is 35.5. The van der Waals surface area contributed by atoms with Crippen molar-refractivity contribution in [3.05, 3.63) is 33.6 Å². The normalized spacial score (nSPS) is 11.4. The van der Waals surface area contributed by atoms with Crippen LogP contribution in [0.15, 0.2) is 28.1 Å². The van der Waals surface area contributed by atoms with Gasteiger partial charge in [0.05, 0.1) is 5.51 Å². The van der Waals surface area contributed by atoms with E-state index in [1.54, 1.807) is 18.2 Å². The summed E-state index contributed by atoms with van der Waals surface area (Å²) in [7, 11) is 0. The molecule has 2 aromatic heterocycles. The number of nitrogens with zero attached hydrogens (tertiary/aromatic N) is 2. The van der Waals surface area contributed by atoms with Crippen molar-refractivity contribution in [1.29, 1.82) is 0 Å². The van der Waals surface area contributed by atoms with E-state index in [2.05, 4.69) is 15.3 Å². The molecule has 0 unspecified atom stereocenters. The van der Waals surface area contributed by atoms with Crippen LogP contribution in [0.3, 0.4) is 0 Å². The van der Waals surface area contributed by atoms with Gasteiger partial charge in [0, 0.05) is 5.02 Å². The average Bonchev–Trinajstić information content (AvgIpc) is 2.95. The molecule has 0 aliphatic rings. The summed E-state index contributed by atoms with van der Waals surface area (Å²) in [5.41, 5.74) is 2.68. The Morgan fingerprint density at radius 1 is 1.37 bits per heavy atom. The molecule has 0 saturated heterocycles. The van der Waals surface area contributed by atoms with Gasteiger partial charge in [-0.15, -0.1) is 11.3 Å². The highest BCUT2D eigenvalue weighted by Gasteiger charge is 2.15. The van der Waals surface area contributed by atoms with E-state index >= 15 is 0 Å². The Bertz CT molecular complexity index is 725.